The van der Waals surface area contributed by atoms with Crippen LogP contribution < -0.4 is 5.73 Å². The number of hydrogen-bond acceptors (Lipinski definition) is 5. The van der Waals surface area contributed by atoms with E-state index in [1.807, 2.05) is 18.4 Å². The van der Waals surface area contributed by atoms with Crippen molar-refractivity contribution in [3.05, 3.63) is 34.8 Å². The van der Waals surface area contributed by atoms with Gasteiger partial charge in [0.2, 0.25) is 0 Å². The lowest BCUT2D eigenvalue weighted by molar-refractivity contribution is 0.0602. The van der Waals surface area contributed by atoms with Gasteiger partial charge in [-0.2, -0.15) is 0 Å². The number of aryl methyl sites for hydroxylation is 1. The van der Waals surface area contributed by atoms with Gasteiger partial charge in [-0.25, -0.2) is 9.78 Å². The third-order valence-electron chi connectivity index (χ3n) is 2.32. The number of aromatic nitrogens is 1. The van der Waals surface area contributed by atoms with Gasteiger partial charge in [0.25, 0.3) is 0 Å². The molecule has 0 atom stereocenters. The number of thiazole rings is 1. The maximum atomic E-state index is 11.4. The average Bonchev–Trinajstić information content (AvgIpc) is 2.75. The number of ether oxygens (including phenoxy) is 1. The van der Waals surface area contributed by atoms with Crippen molar-refractivity contribution in [2.45, 2.75) is 6.92 Å². The second-order valence-corrected chi connectivity index (χ2v) is 4.45. The fourth-order valence-corrected chi connectivity index (χ4v) is 2.27. The average molecular weight is 248 g/mol. The zero-order chi connectivity index (χ0) is 12.4. The highest BCUT2D eigenvalue weighted by molar-refractivity contribution is 7.13. The Morgan fingerprint density at radius 2 is 2.24 bits per heavy atom. The van der Waals surface area contributed by atoms with Crippen molar-refractivity contribution in [2.24, 2.45) is 0 Å². The third-order valence-corrected chi connectivity index (χ3v) is 3.33. The number of nitrogen functional groups attached to an aromatic ring is 1. The van der Waals surface area contributed by atoms with Gasteiger partial charge < -0.3 is 10.5 Å². The second-order valence-electron chi connectivity index (χ2n) is 3.59. The largest absolute Gasteiger partial charge is 0.465 e. The van der Waals surface area contributed by atoms with Crippen LogP contribution in [0.15, 0.2) is 23.6 Å². The van der Waals surface area contributed by atoms with E-state index in [0.717, 1.165) is 16.3 Å². The van der Waals surface area contributed by atoms with Gasteiger partial charge in [-0.05, 0) is 19.1 Å². The molecule has 0 fully saturated rings. The quantitative estimate of drug-likeness (QED) is 0.655. The number of anilines is 1. The van der Waals surface area contributed by atoms with Crippen LogP contribution in [0.4, 0.5) is 5.69 Å². The third kappa shape index (κ3) is 2.29. The van der Waals surface area contributed by atoms with Crippen LogP contribution in [0.2, 0.25) is 0 Å². The van der Waals surface area contributed by atoms with Gasteiger partial charge in [0, 0.05) is 22.3 Å². The smallest absolute Gasteiger partial charge is 0.339 e. The zero-order valence-electron chi connectivity index (χ0n) is 9.56. The Morgan fingerprint density at radius 3 is 2.76 bits per heavy atom. The molecule has 4 nitrogen and oxygen atoms in total. The molecule has 0 radical (unpaired) electrons. The second kappa shape index (κ2) is 4.55. The molecule has 0 bridgehead atoms. The summed E-state index contributed by atoms with van der Waals surface area (Å²) in [6, 6.07) is 5.22. The molecule has 0 aliphatic heterocycles. The molecule has 2 N–H and O–H groups in total. The summed E-state index contributed by atoms with van der Waals surface area (Å²) in [6.45, 7) is 1.94. The topological polar surface area (TPSA) is 65.2 Å². The number of rotatable bonds is 2. The number of hydrogen-bond donors (Lipinski definition) is 1. The van der Waals surface area contributed by atoms with Crippen molar-refractivity contribution in [2.75, 3.05) is 12.8 Å². The van der Waals surface area contributed by atoms with Crippen LogP contribution in [0.25, 0.3) is 10.6 Å². The number of methoxy groups -OCH3 is 1. The van der Waals surface area contributed by atoms with Crippen LogP contribution in [-0.4, -0.2) is 18.1 Å². The first-order valence-electron chi connectivity index (χ1n) is 5.02. The molecule has 1 aromatic heterocycles. The minimum atomic E-state index is -0.427. The van der Waals surface area contributed by atoms with Crippen molar-refractivity contribution in [1.82, 2.24) is 4.98 Å². The van der Waals surface area contributed by atoms with Gasteiger partial charge in [0.15, 0.2) is 0 Å². The van der Waals surface area contributed by atoms with E-state index in [1.165, 1.54) is 7.11 Å². The van der Waals surface area contributed by atoms with Gasteiger partial charge in [-0.15, -0.1) is 11.3 Å². The van der Waals surface area contributed by atoms with Crippen LogP contribution in [0.5, 0.6) is 0 Å². The first-order chi connectivity index (χ1) is 8.11. The van der Waals surface area contributed by atoms with Crippen molar-refractivity contribution in [3.63, 3.8) is 0 Å². The van der Waals surface area contributed by atoms with Gasteiger partial charge in [-0.1, -0.05) is 6.07 Å². The molecule has 0 unspecified atom stereocenters. The summed E-state index contributed by atoms with van der Waals surface area (Å²) in [7, 11) is 1.33. The summed E-state index contributed by atoms with van der Waals surface area (Å²) < 4.78 is 4.63. The van der Waals surface area contributed by atoms with Gasteiger partial charge in [0.1, 0.15) is 5.01 Å². The molecule has 0 saturated carbocycles. The molecule has 0 amide bonds. The monoisotopic (exact) mass is 248 g/mol. The lowest BCUT2D eigenvalue weighted by atomic mass is 10.1. The summed E-state index contributed by atoms with van der Waals surface area (Å²) in [5, 5.41) is 2.87. The van der Waals surface area contributed by atoms with Crippen molar-refractivity contribution < 1.29 is 9.53 Å². The zero-order valence-corrected chi connectivity index (χ0v) is 10.4. The maximum absolute atomic E-state index is 11.4. The Kier molecular flexibility index (Phi) is 3.10. The molecule has 0 aliphatic carbocycles. The first kappa shape index (κ1) is 11.6. The normalized spacial score (nSPS) is 10.2. The van der Waals surface area contributed by atoms with E-state index in [-0.39, 0.29) is 0 Å². The van der Waals surface area contributed by atoms with Gasteiger partial charge in [-0.3, -0.25) is 0 Å². The minimum absolute atomic E-state index is 0.379. The predicted octanol–water partition coefficient (Wildman–Crippen LogP) is 2.49. The molecule has 0 spiro atoms. The van der Waals surface area contributed by atoms with Crippen LogP contribution in [0.3, 0.4) is 0 Å². The summed E-state index contributed by atoms with van der Waals surface area (Å²) in [5.41, 5.74) is 8.49. The molecule has 1 heterocycles. The van der Waals surface area contributed by atoms with Crippen molar-refractivity contribution >= 4 is 23.0 Å². The summed E-state index contributed by atoms with van der Waals surface area (Å²) in [5.74, 6) is -0.427. The highest BCUT2D eigenvalue weighted by Gasteiger charge is 2.11. The molecule has 5 heteroatoms. The minimum Gasteiger partial charge on any atom is -0.465 e. The molecule has 17 heavy (non-hydrogen) atoms. The predicted molar refractivity (Wildman–Crippen MR) is 68.0 cm³/mol. The van der Waals surface area contributed by atoms with Crippen LogP contribution in [-0.2, 0) is 4.74 Å². The highest BCUT2D eigenvalue weighted by Crippen LogP contribution is 2.27. The fourth-order valence-electron chi connectivity index (χ4n) is 1.48. The van der Waals surface area contributed by atoms with E-state index < -0.39 is 5.97 Å². The van der Waals surface area contributed by atoms with E-state index >= 15 is 0 Å². The maximum Gasteiger partial charge on any atom is 0.339 e. The molecule has 0 saturated heterocycles. The summed E-state index contributed by atoms with van der Waals surface area (Å²) >= 11 is 1.55. The summed E-state index contributed by atoms with van der Waals surface area (Å²) in [4.78, 5) is 15.7. The van der Waals surface area contributed by atoms with E-state index in [9.17, 15) is 4.79 Å². The Hall–Kier alpha value is -1.88. The number of esters is 1. The fraction of sp³-hybridized carbons (Fsp3) is 0.167. The number of carbonyl (C=O) groups excluding carboxylic acids is 1. The molecular formula is C12H12N2O2S. The van der Waals surface area contributed by atoms with Gasteiger partial charge in [0.05, 0.1) is 12.7 Å². The summed E-state index contributed by atoms with van der Waals surface area (Å²) in [6.07, 6.45) is 0. The van der Waals surface area contributed by atoms with Crippen LogP contribution >= 0.6 is 11.3 Å². The molecular weight excluding hydrogens is 236 g/mol. The van der Waals surface area contributed by atoms with E-state index in [1.54, 1.807) is 23.5 Å². The molecule has 88 valence electrons. The van der Waals surface area contributed by atoms with Crippen molar-refractivity contribution in [3.8, 4) is 10.6 Å². The standard InChI is InChI=1S/C12H12N2O2S/c1-7-6-17-11(14-7)8-3-4-9(10(13)5-8)12(15)16-2/h3-6H,13H2,1-2H3. The Bertz CT molecular complexity index is 563. The lowest BCUT2D eigenvalue weighted by Gasteiger charge is -2.05. The lowest BCUT2D eigenvalue weighted by Crippen LogP contribution is -2.05. The number of carbonyl (C=O) groups is 1. The van der Waals surface area contributed by atoms with Crippen molar-refractivity contribution in [1.29, 1.82) is 0 Å². The number of nitrogens with zero attached hydrogens (tertiary/aromatic N) is 1. The molecule has 0 aliphatic rings. The first-order valence-corrected chi connectivity index (χ1v) is 5.90. The Balaban J connectivity index is 2.40. The van der Waals surface area contributed by atoms with E-state index in [2.05, 4.69) is 9.72 Å². The van der Waals surface area contributed by atoms with Crippen LogP contribution in [0.1, 0.15) is 16.1 Å². The van der Waals surface area contributed by atoms with Crippen LogP contribution in [0, 0.1) is 6.92 Å². The number of benzene rings is 1. The molecule has 2 aromatic rings. The molecule has 2 rings (SSSR count). The highest BCUT2D eigenvalue weighted by atomic mass is 32.1. The Morgan fingerprint density at radius 1 is 1.47 bits per heavy atom. The Labute approximate surface area is 103 Å². The van der Waals surface area contributed by atoms with E-state index in [4.69, 9.17) is 5.73 Å². The molecule has 1 aromatic carbocycles. The van der Waals surface area contributed by atoms with E-state index in [0.29, 0.717) is 11.3 Å². The van der Waals surface area contributed by atoms with Gasteiger partial charge >= 0.3 is 5.97 Å². The SMILES string of the molecule is COC(=O)c1ccc(-c2nc(C)cs2)cc1N. The number of nitrogens with two attached hydrogens (primary N) is 1.